The minimum Gasteiger partial charge on any atom is -0.368 e. The SMILES string of the molecule is NC(=O)C1(N2CCCCC2)CCN(C2CC(=O)N(c3ccc(F)cc3)C2=O)CC1. The molecule has 1 aromatic carbocycles. The van der Waals surface area contributed by atoms with Gasteiger partial charge >= 0.3 is 0 Å². The average Bonchev–Trinajstić information content (AvgIpc) is 3.03. The highest BCUT2D eigenvalue weighted by Gasteiger charge is 2.49. The van der Waals surface area contributed by atoms with Gasteiger partial charge in [-0.1, -0.05) is 6.42 Å². The van der Waals surface area contributed by atoms with E-state index in [1.165, 1.54) is 30.7 Å². The van der Waals surface area contributed by atoms with Crippen LogP contribution in [0.1, 0.15) is 38.5 Å². The quantitative estimate of drug-likeness (QED) is 0.767. The molecule has 1 atom stereocenters. The lowest BCUT2D eigenvalue weighted by Gasteiger charge is -2.48. The number of primary amides is 1. The standard InChI is InChI=1S/C21H27FN4O3/c22-15-4-6-16(7-5-15)26-18(27)14-17(19(26)28)24-12-8-21(9-13-24,20(23)29)25-10-2-1-3-11-25/h4-7,17H,1-3,8-14H2,(H2,23,29). The van der Waals surface area contributed by atoms with Crippen molar-refractivity contribution in [2.45, 2.75) is 50.1 Å². The third-order valence-corrected chi connectivity index (χ3v) is 6.69. The summed E-state index contributed by atoms with van der Waals surface area (Å²) in [5.41, 5.74) is 5.57. The summed E-state index contributed by atoms with van der Waals surface area (Å²) in [5.74, 6) is -1.28. The smallest absolute Gasteiger partial charge is 0.251 e. The highest BCUT2D eigenvalue weighted by atomic mass is 19.1. The van der Waals surface area contributed by atoms with Gasteiger partial charge in [-0.25, -0.2) is 9.29 Å². The van der Waals surface area contributed by atoms with E-state index in [-0.39, 0.29) is 24.1 Å². The van der Waals surface area contributed by atoms with Gasteiger partial charge in [0.15, 0.2) is 0 Å². The fourth-order valence-electron chi connectivity index (χ4n) is 5.01. The van der Waals surface area contributed by atoms with Crippen LogP contribution in [0.3, 0.4) is 0 Å². The van der Waals surface area contributed by atoms with Crippen LogP contribution in [0, 0.1) is 5.82 Å². The molecule has 3 fully saturated rings. The Kier molecular flexibility index (Phi) is 5.40. The number of amides is 3. The molecule has 1 unspecified atom stereocenters. The number of nitrogens with zero attached hydrogens (tertiary/aromatic N) is 3. The van der Waals surface area contributed by atoms with Gasteiger partial charge in [-0.2, -0.15) is 0 Å². The molecule has 29 heavy (non-hydrogen) atoms. The Balaban J connectivity index is 1.47. The Labute approximate surface area is 169 Å². The molecule has 0 aliphatic carbocycles. The van der Waals surface area contributed by atoms with Crippen LogP contribution in [-0.2, 0) is 14.4 Å². The Bertz CT molecular complexity index is 799. The van der Waals surface area contributed by atoms with Gasteiger partial charge in [0.05, 0.1) is 18.2 Å². The van der Waals surface area contributed by atoms with Crippen molar-refractivity contribution in [2.75, 3.05) is 31.1 Å². The van der Waals surface area contributed by atoms with Crippen molar-refractivity contribution in [3.8, 4) is 0 Å². The number of hydrogen-bond acceptors (Lipinski definition) is 5. The van der Waals surface area contributed by atoms with Crippen LogP contribution in [0.4, 0.5) is 10.1 Å². The monoisotopic (exact) mass is 402 g/mol. The van der Waals surface area contributed by atoms with Crippen molar-refractivity contribution in [3.63, 3.8) is 0 Å². The molecule has 0 aromatic heterocycles. The van der Waals surface area contributed by atoms with Crippen molar-refractivity contribution in [1.29, 1.82) is 0 Å². The number of carbonyl (C=O) groups excluding carboxylic acids is 3. The van der Waals surface area contributed by atoms with Gasteiger partial charge in [-0.3, -0.25) is 24.2 Å². The largest absolute Gasteiger partial charge is 0.368 e. The zero-order chi connectivity index (χ0) is 20.6. The van der Waals surface area contributed by atoms with Crippen LogP contribution < -0.4 is 10.6 Å². The lowest BCUT2D eigenvalue weighted by Crippen LogP contribution is -2.64. The molecule has 0 bridgehead atoms. The maximum atomic E-state index is 13.2. The van der Waals surface area contributed by atoms with Gasteiger partial charge in [-0.05, 0) is 63.0 Å². The van der Waals surface area contributed by atoms with Crippen LogP contribution in [0.5, 0.6) is 0 Å². The Hall–Kier alpha value is -2.32. The number of benzene rings is 1. The molecule has 156 valence electrons. The number of piperidine rings is 2. The van der Waals surface area contributed by atoms with Crippen LogP contribution >= 0.6 is 0 Å². The first-order chi connectivity index (χ1) is 13.9. The van der Waals surface area contributed by atoms with Gasteiger partial charge in [0.2, 0.25) is 11.8 Å². The van der Waals surface area contributed by atoms with Gasteiger partial charge in [0.25, 0.3) is 5.91 Å². The summed E-state index contributed by atoms with van der Waals surface area (Å²) in [4.78, 5) is 43.2. The van der Waals surface area contributed by atoms with Gasteiger partial charge in [0, 0.05) is 13.1 Å². The van der Waals surface area contributed by atoms with Crippen molar-refractivity contribution in [1.82, 2.24) is 9.80 Å². The van der Waals surface area contributed by atoms with E-state index in [1.54, 1.807) is 0 Å². The van der Waals surface area contributed by atoms with E-state index in [2.05, 4.69) is 4.90 Å². The molecular weight excluding hydrogens is 375 g/mol. The number of hydrogen-bond donors (Lipinski definition) is 1. The first-order valence-corrected chi connectivity index (χ1v) is 10.3. The lowest BCUT2D eigenvalue weighted by atomic mass is 9.83. The third kappa shape index (κ3) is 3.55. The highest BCUT2D eigenvalue weighted by Crippen LogP contribution is 2.34. The number of likely N-dealkylation sites (tertiary alicyclic amines) is 2. The minimum atomic E-state index is -0.654. The van der Waals surface area contributed by atoms with E-state index in [1.807, 2.05) is 4.90 Å². The molecule has 0 saturated carbocycles. The van der Waals surface area contributed by atoms with Crippen LogP contribution in [-0.4, -0.2) is 65.3 Å². The molecule has 3 saturated heterocycles. The molecule has 4 rings (SSSR count). The second-order valence-electron chi connectivity index (χ2n) is 8.24. The molecule has 3 heterocycles. The van der Waals surface area contributed by atoms with E-state index < -0.39 is 17.4 Å². The Morgan fingerprint density at radius 1 is 1.00 bits per heavy atom. The first kappa shape index (κ1) is 20.0. The lowest BCUT2D eigenvalue weighted by molar-refractivity contribution is -0.136. The van der Waals surface area contributed by atoms with E-state index >= 15 is 0 Å². The summed E-state index contributed by atoms with van der Waals surface area (Å²) < 4.78 is 13.2. The highest BCUT2D eigenvalue weighted by molar-refractivity contribution is 6.22. The zero-order valence-electron chi connectivity index (χ0n) is 16.5. The summed E-state index contributed by atoms with van der Waals surface area (Å²) in [5, 5.41) is 0. The summed E-state index contributed by atoms with van der Waals surface area (Å²) >= 11 is 0. The van der Waals surface area contributed by atoms with Gasteiger partial charge in [-0.15, -0.1) is 0 Å². The molecular formula is C21H27FN4O3. The van der Waals surface area contributed by atoms with Crippen molar-refractivity contribution in [2.24, 2.45) is 5.73 Å². The molecule has 7 nitrogen and oxygen atoms in total. The predicted octanol–water partition coefficient (Wildman–Crippen LogP) is 1.26. The first-order valence-electron chi connectivity index (χ1n) is 10.3. The normalized spacial score (nSPS) is 26.1. The molecule has 1 aromatic rings. The second kappa shape index (κ2) is 7.84. The van der Waals surface area contributed by atoms with Crippen molar-refractivity contribution in [3.05, 3.63) is 30.1 Å². The number of anilines is 1. The van der Waals surface area contributed by atoms with Gasteiger partial charge < -0.3 is 5.73 Å². The van der Waals surface area contributed by atoms with Gasteiger partial charge in [0.1, 0.15) is 11.4 Å². The molecule has 3 amide bonds. The summed E-state index contributed by atoms with van der Waals surface area (Å²) in [7, 11) is 0. The van der Waals surface area contributed by atoms with E-state index in [9.17, 15) is 18.8 Å². The number of carbonyl (C=O) groups is 3. The molecule has 3 aliphatic rings. The molecule has 3 aliphatic heterocycles. The van der Waals surface area contributed by atoms with E-state index in [4.69, 9.17) is 5.73 Å². The van der Waals surface area contributed by atoms with E-state index in [0.29, 0.717) is 31.6 Å². The number of imide groups is 1. The molecule has 2 N–H and O–H groups in total. The van der Waals surface area contributed by atoms with E-state index in [0.717, 1.165) is 30.8 Å². The van der Waals surface area contributed by atoms with Crippen LogP contribution in [0.15, 0.2) is 24.3 Å². The molecule has 0 spiro atoms. The Morgan fingerprint density at radius 2 is 1.62 bits per heavy atom. The molecule has 8 heteroatoms. The predicted molar refractivity (Wildman–Crippen MR) is 105 cm³/mol. The van der Waals surface area contributed by atoms with Crippen molar-refractivity contribution < 1.29 is 18.8 Å². The number of nitrogens with two attached hydrogens (primary N) is 1. The maximum Gasteiger partial charge on any atom is 0.251 e. The Morgan fingerprint density at radius 3 is 2.21 bits per heavy atom. The summed E-state index contributed by atoms with van der Waals surface area (Å²) in [6.45, 7) is 2.84. The average molecular weight is 402 g/mol. The second-order valence-corrected chi connectivity index (χ2v) is 8.24. The van der Waals surface area contributed by atoms with Crippen LogP contribution in [0.25, 0.3) is 0 Å². The zero-order valence-corrected chi connectivity index (χ0v) is 16.5. The fourth-order valence-corrected chi connectivity index (χ4v) is 5.01. The fraction of sp³-hybridized carbons (Fsp3) is 0.571. The van der Waals surface area contributed by atoms with Crippen molar-refractivity contribution >= 4 is 23.4 Å². The molecule has 0 radical (unpaired) electrons. The number of halogens is 1. The minimum absolute atomic E-state index is 0.101. The number of rotatable bonds is 4. The third-order valence-electron chi connectivity index (χ3n) is 6.69. The maximum absolute atomic E-state index is 13.2. The van der Waals surface area contributed by atoms with Crippen LogP contribution in [0.2, 0.25) is 0 Å². The summed E-state index contributed by atoms with van der Waals surface area (Å²) in [6, 6.07) is 4.82. The topological polar surface area (TPSA) is 87.0 Å². The summed E-state index contributed by atoms with van der Waals surface area (Å²) in [6.07, 6.45) is 4.55.